The molecular formula is C25H31NO6S. The summed E-state index contributed by atoms with van der Waals surface area (Å²) in [6.45, 7) is 0. The average Bonchev–Trinajstić information content (AvgIpc) is 3.11. The smallest absolute Gasteiger partial charge is 0.223 e. The summed E-state index contributed by atoms with van der Waals surface area (Å²) < 4.78 is 42.6. The Morgan fingerprint density at radius 2 is 1.55 bits per heavy atom. The summed E-state index contributed by atoms with van der Waals surface area (Å²) in [5.74, 6) is 1.72. The van der Waals surface area contributed by atoms with E-state index in [1.54, 1.807) is 45.6 Å². The van der Waals surface area contributed by atoms with Crippen molar-refractivity contribution in [2.45, 2.75) is 60.8 Å². The minimum atomic E-state index is -3.40. The van der Waals surface area contributed by atoms with Crippen LogP contribution in [0.25, 0.3) is 0 Å². The van der Waals surface area contributed by atoms with Gasteiger partial charge in [0.05, 0.1) is 31.5 Å². The van der Waals surface area contributed by atoms with Crippen molar-refractivity contribution in [3.8, 4) is 17.2 Å². The normalized spacial score (nSPS) is 22.2. The van der Waals surface area contributed by atoms with Crippen molar-refractivity contribution in [1.29, 1.82) is 0 Å². The number of nitrogens with zero attached hydrogens (tertiary/aromatic N) is 1. The average molecular weight is 474 g/mol. The summed E-state index contributed by atoms with van der Waals surface area (Å²) in [5.41, 5.74) is 0.873. The molecule has 0 spiro atoms. The zero-order valence-electron chi connectivity index (χ0n) is 19.3. The SMILES string of the molecule is COc1ccc(CCC(=O)N2C3CCC2CC(S(=O)(=O)c2ccccc2)C3)c(OC)c1OC. The van der Waals surface area contributed by atoms with Crippen LogP contribution in [0.3, 0.4) is 0 Å². The fourth-order valence-corrected chi connectivity index (χ4v) is 7.19. The summed E-state index contributed by atoms with van der Waals surface area (Å²) in [6.07, 6.45) is 3.55. The van der Waals surface area contributed by atoms with Crippen LogP contribution < -0.4 is 14.2 Å². The van der Waals surface area contributed by atoms with E-state index in [-0.39, 0.29) is 18.0 Å². The Hall–Kier alpha value is -2.74. The standard InChI is InChI=1S/C25H31NO6S/c1-30-22-13-9-17(24(31-2)25(22)32-3)10-14-23(27)26-18-11-12-19(26)16-21(15-18)33(28,29)20-7-5-4-6-8-20/h4-9,13,18-19,21H,10-12,14-16H2,1-3H3. The van der Waals surface area contributed by atoms with Crippen molar-refractivity contribution < 1.29 is 27.4 Å². The fourth-order valence-electron chi connectivity index (χ4n) is 5.32. The molecule has 0 aliphatic carbocycles. The predicted octanol–water partition coefficient (Wildman–Crippen LogP) is 3.64. The van der Waals surface area contributed by atoms with Gasteiger partial charge in [0, 0.05) is 18.5 Å². The molecule has 2 aliphatic heterocycles. The molecule has 2 saturated heterocycles. The maximum absolute atomic E-state index is 13.2. The third-order valence-corrected chi connectivity index (χ3v) is 9.07. The number of benzene rings is 2. The van der Waals surface area contributed by atoms with E-state index in [1.165, 1.54) is 0 Å². The number of ether oxygens (including phenoxy) is 3. The van der Waals surface area contributed by atoms with Gasteiger partial charge in [-0.25, -0.2) is 8.42 Å². The molecule has 0 radical (unpaired) electrons. The Bertz CT molecular complexity index is 1090. The van der Waals surface area contributed by atoms with Crippen LogP contribution in [-0.2, 0) is 21.1 Å². The second-order valence-corrected chi connectivity index (χ2v) is 10.9. The summed E-state index contributed by atoms with van der Waals surface area (Å²) in [6, 6.07) is 12.3. The molecule has 0 aromatic heterocycles. The molecule has 2 aromatic carbocycles. The molecule has 0 N–H and O–H groups in total. The number of methoxy groups -OCH3 is 3. The van der Waals surface area contributed by atoms with Crippen molar-refractivity contribution in [2.24, 2.45) is 0 Å². The van der Waals surface area contributed by atoms with Crippen molar-refractivity contribution in [3.63, 3.8) is 0 Å². The Kier molecular flexibility index (Phi) is 6.83. The number of fused-ring (bicyclic) bond motifs is 2. The maximum Gasteiger partial charge on any atom is 0.223 e. The van der Waals surface area contributed by atoms with Crippen LogP contribution in [0.2, 0.25) is 0 Å². The van der Waals surface area contributed by atoms with E-state index in [4.69, 9.17) is 14.2 Å². The van der Waals surface area contributed by atoms with Crippen LogP contribution in [-0.4, -0.2) is 57.9 Å². The van der Waals surface area contributed by atoms with E-state index in [1.807, 2.05) is 23.1 Å². The lowest BCUT2D eigenvalue weighted by molar-refractivity contribution is -0.135. The molecule has 33 heavy (non-hydrogen) atoms. The fraction of sp³-hybridized carbons (Fsp3) is 0.480. The molecule has 2 bridgehead atoms. The number of piperidine rings is 1. The number of amides is 1. The molecule has 2 fully saturated rings. The zero-order valence-corrected chi connectivity index (χ0v) is 20.1. The van der Waals surface area contributed by atoms with Crippen molar-refractivity contribution in [2.75, 3.05) is 21.3 Å². The first-order chi connectivity index (χ1) is 15.9. The quantitative estimate of drug-likeness (QED) is 0.582. The van der Waals surface area contributed by atoms with Gasteiger partial charge >= 0.3 is 0 Å². The molecule has 178 valence electrons. The van der Waals surface area contributed by atoms with Gasteiger partial charge in [-0.15, -0.1) is 0 Å². The highest BCUT2D eigenvalue weighted by Crippen LogP contribution is 2.42. The third kappa shape index (κ3) is 4.40. The van der Waals surface area contributed by atoms with Crippen LogP contribution >= 0.6 is 0 Å². The summed E-state index contributed by atoms with van der Waals surface area (Å²) in [4.78, 5) is 15.5. The van der Waals surface area contributed by atoms with E-state index >= 15 is 0 Å². The lowest BCUT2D eigenvalue weighted by atomic mass is 10.0. The predicted molar refractivity (Wildman–Crippen MR) is 125 cm³/mol. The molecule has 0 saturated carbocycles. The molecule has 2 aromatic rings. The topological polar surface area (TPSA) is 82.1 Å². The van der Waals surface area contributed by atoms with Gasteiger partial charge < -0.3 is 19.1 Å². The van der Waals surface area contributed by atoms with Gasteiger partial charge in [-0.1, -0.05) is 24.3 Å². The number of hydrogen-bond acceptors (Lipinski definition) is 6. The first-order valence-corrected chi connectivity index (χ1v) is 12.8. The van der Waals surface area contributed by atoms with Crippen LogP contribution in [0.5, 0.6) is 17.2 Å². The van der Waals surface area contributed by atoms with Crippen LogP contribution in [0, 0.1) is 0 Å². The summed E-state index contributed by atoms with van der Waals surface area (Å²) in [7, 11) is 1.30. The number of aryl methyl sites for hydroxylation is 1. The van der Waals surface area contributed by atoms with Crippen LogP contribution in [0.15, 0.2) is 47.4 Å². The number of rotatable bonds is 8. The molecule has 7 nitrogen and oxygen atoms in total. The highest BCUT2D eigenvalue weighted by molar-refractivity contribution is 7.92. The van der Waals surface area contributed by atoms with Gasteiger partial charge in [-0.3, -0.25) is 4.79 Å². The molecule has 1 amide bonds. The number of carbonyl (C=O) groups is 1. The van der Waals surface area contributed by atoms with E-state index in [0.717, 1.165) is 18.4 Å². The first kappa shape index (κ1) is 23.4. The van der Waals surface area contributed by atoms with Crippen LogP contribution in [0.4, 0.5) is 0 Å². The van der Waals surface area contributed by atoms with E-state index in [0.29, 0.717) is 47.8 Å². The van der Waals surface area contributed by atoms with Gasteiger partial charge in [0.25, 0.3) is 0 Å². The molecular weight excluding hydrogens is 442 g/mol. The van der Waals surface area contributed by atoms with Gasteiger partial charge in [-0.2, -0.15) is 0 Å². The second-order valence-electron chi connectivity index (χ2n) is 8.63. The molecule has 2 unspecified atom stereocenters. The highest BCUT2D eigenvalue weighted by atomic mass is 32.2. The van der Waals surface area contributed by atoms with Crippen molar-refractivity contribution in [3.05, 3.63) is 48.0 Å². The molecule has 8 heteroatoms. The van der Waals surface area contributed by atoms with Gasteiger partial charge in [0.1, 0.15) is 0 Å². The van der Waals surface area contributed by atoms with Crippen molar-refractivity contribution in [1.82, 2.24) is 4.90 Å². The largest absolute Gasteiger partial charge is 0.493 e. The van der Waals surface area contributed by atoms with Crippen LogP contribution in [0.1, 0.15) is 37.7 Å². The van der Waals surface area contributed by atoms with E-state index in [9.17, 15) is 13.2 Å². The van der Waals surface area contributed by atoms with Gasteiger partial charge in [0.15, 0.2) is 21.3 Å². The summed E-state index contributed by atoms with van der Waals surface area (Å²) in [5, 5.41) is -0.438. The minimum Gasteiger partial charge on any atom is -0.493 e. The van der Waals surface area contributed by atoms with E-state index in [2.05, 4.69) is 0 Å². The van der Waals surface area contributed by atoms with Gasteiger partial charge in [-0.05, 0) is 55.9 Å². The minimum absolute atomic E-state index is 0.0213. The Morgan fingerprint density at radius 1 is 0.909 bits per heavy atom. The Balaban J connectivity index is 1.45. The Labute approximate surface area is 195 Å². The van der Waals surface area contributed by atoms with E-state index < -0.39 is 15.1 Å². The first-order valence-electron chi connectivity index (χ1n) is 11.3. The molecule has 2 heterocycles. The molecule has 2 aliphatic rings. The summed E-state index contributed by atoms with van der Waals surface area (Å²) >= 11 is 0. The maximum atomic E-state index is 13.2. The Morgan fingerprint density at radius 3 is 2.12 bits per heavy atom. The third-order valence-electron chi connectivity index (χ3n) is 6.88. The van der Waals surface area contributed by atoms with Gasteiger partial charge in [0.2, 0.25) is 11.7 Å². The number of sulfone groups is 1. The lowest BCUT2D eigenvalue weighted by Gasteiger charge is -2.38. The number of hydrogen-bond donors (Lipinski definition) is 0. The molecule has 4 rings (SSSR count). The zero-order chi connectivity index (χ0) is 23.6. The number of carbonyl (C=O) groups excluding carboxylic acids is 1. The molecule has 2 atom stereocenters. The lowest BCUT2D eigenvalue weighted by Crippen LogP contribution is -2.49. The van der Waals surface area contributed by atoms with Crippen molar-refractivity contribution >= 4 is 15.7 Å². The highest BCUT2D eigenvalue weighted by Gasteiger charge is 2.46. The monoisotopic (exact) mass is 473 g/mol. The second kappa shape index (κ2) is 9.63.